The minimum Gasteiger partial charge on any atom is -0.493 e. The number of nitrogens with zero attached hydrogens (tertiary/aromatic N) is 7. The molecule has 59 heavy (non-hydrogen) atoms. The van der Waals surface area contributed by atoms with E-state index in [4.69, 9.17) is 19.9 Å². The van der Waals surface area contributed by atoms with E-state index in [2.05, 4.69) is 9.97 Å². The standard InChI is InChI=1S/C20H23N5O4S2.C16H20N4O6S2/c1-23(2)16-7-3-6-15-14(16)5-4-8-18(15)31(28,29)25-11-9-24(10-12-25)20-21-13-17(30-20)19(26)22-27;1-25-12-4-3-11(9-13(12)26-2)28(23,24)20-7-5-19(6-8-20)16-17-10-14(27-16)15(21)18-22/h3-8,13,27H,9-12H2,1-2H3,(H,22,26);3-4,9-10,22H,5-8H2,1-2H3,(H,18,21). The number of benzene rings is 3. The molecule has 2 aliphatic rings. The summed E-state index contributed by atoms with van der Waals surface area (Å²) in [5.74, 6) is -0.436. The number of piperazine rings is 2. The lowest BCUT2D eigenvalue weighted by molar-refractivity contribution is 0.0706. The van der Waals surface area contributed by atoms with Gasteiger partial charge >= 0.3 is 0 Å². The van der Waals surface area contributed by atoms with E-state index >= 15 is 0 Å². The molecule has 2 aliphatic heterocycles. The zero-order chi connectivity index (χ0) is 42.5. The van der Waals surface area contributed by atoms with Crippen molar-refractivity contribution in [3.63, 3.8) is 0 Å². The normalized spacial score (nSPS) is 15.3. The van der Waals surface area contributed by atoms with Crippen LogP contribution in [-0.4, -0.2) is 138 Å². The molecule has 2 aromatic heterocycles. The first-order chi connectivity index (χ1) is 28.2. The summed E-state index contributed by atoms with van der Waals surface area (Å²) in [4.78, 5) is 38.2. The van der Waals surface area contributed by atoms with E-state index in [-0.39, 0.29) is 22.9 Å². The van der Waals surface area contributed by atoms with Crippen LogP contribution in [0.5, 0.6) is 11.5 Å². The Morgan fingerprint density at radius 1 is 0.678 bits per heavy atom. The number of anilines is 3. The van der Waals surface area contributed by atoms with E-state index in [1.807, 2.05) is 53.1 Å². The average Bonchev–Trinajstić information content (AvgIpc) is 3.97. The number of nitrogens with one attached hydrogen (secondary N) is 2. The highest BCUT2D eigenvalue weighted by molar-refractivity contribution is 7.89. The second kappa shape index (κ2) is 18.4. The van der Waals surface area contributed by atoms with Gasteiger partial charge in [-0.3, -0.25) is 20.0 Å². The summed E-state index contributed by atoms with van der Waals surface area (Å²) >= 11 is 2.28. The van der Waals surface area contributed by atoms with Gasteiger partial charge in [-0.25, -0.2) is 37.8 Å². The summed E-state index contributed by atoms with van der Waals surface area (Å²) in [7, 11) is -0.551. The number of hydrogen-bond acceptors (Lipinski definition) is 17. The maximum absolute atomic E-state index is 13.5. The fourth-order valence-corrected chi connectivity index (χ4v) is 11.3. The van der Waals surface area contributed by atoms with Crippen LogP contribution in [0.4, 0.5) is 16.0 Å². The van der Waals surface area contributed by atoms with Crippen LogP contribution in [0, 0.1) is 0 Å². The molecule has 0 unspecified atom stereocenters. The predicted molar refractivity (Wildman–Crippen MR) is 222 cm³/mol. The molecule has 23 heteroatoms. The third-order valence-electron chi connectivity index (χ3n) is 9.61. The molecule has 2 fully saturated rings. The Morgan fingerprint density at radius 2 is 1.17 bits per heavy atom. The summed E-state index contributed by atoms with van der Waals surface area (Å²) in [6, 6.07) is 15.6. The van der Waals surface area contributed by atoms with Crippen LogP contribution in [0.15, 0.2) is 76.8 Å². The van der Waals surface area contributed by atoms with Gasteiger partial charge in [0.15, 0.2) is 21.8 Å². The molecule has 4 N–H and O–H groups in total. The average molecular weight is 890 g/mol. The lowest BCUT2D eigenvalue weighted by atomic mass is 10.1. The summed E-state index contributed by atoms with van der Waals surface area (Å²) in [6.07, 6.45) is 2.77. The van der Waals surface area contributed by atoms with Gasteiger partial charge in [0.1, 0.15) is 9.75 Å². The van der Waals surface area contributed by atoms with Gasteiger partial charge < -0.3 is 24.2 Å². The van der Waals surface area contributed by atoms with Gasteiger partial charge in [-0.2, -0.15) is 8.61 Å². The highest BCUT2D eigenvalue weighted by atomic mass is 32.2. The highest BCUT2D eigenvalue weighted by Gasteiger charge is 2.32. The van der Waals surface area contributed by atoms with Crippen molar-refractivity contribution >= 4 is 81.3 Å². The van der Waals surface area contributed by atoms with Gasteiger partial charge in [0.25, 0.3) is 11.8 Å². The number of fused-ring (bicyclic) bond motifs is 1. The summed E-state index contributed by atoms with van der Waals surface area (Å²) < 4.78 is 66.1. The highest BCUT2D eigenvalue weighted by Crippen LogP contribution is 2.34. The molecule has 0 aliphatic carbocycles. The number of hydrogen-bond donors (Lipinski definition) is 4. The number of ether oxygens (including phenoxy) is 2. The molecule has 19 nitrogen and oxygen atoms in total. The lowest BCUT2D eigenvalue weighted by Gasteiger charge is -2.34. The van der Waals surface area contributed by atoms with Crippen molar-refractivity contribution in [3.05, 3.63) is 76.7 Å². The Kier molecular flexibility index (Phi) is 13.6. The first kappa shape index (κ1) is 43.4. The van der Waals surface area contributed by atoms with Crippen molar-refractivity contribution in [2.75, 3.05) is 95.4 Å². The molecular weight excluding hydrogens is 847 g/mol. The second-order valence-electron chi connectivity index (χ2n) is 13.2. The van der Waals surface area contributed by atoms with Crippen molar-refractivity contribution in [1.29, 1.82) is 0 Å². The van der Waals surface area contributed by atoms with E-state index in [0.29, 0.717) is 76.2 Å². The zero-order valence-corrected chi connectivity index (χ0v) is 35.7. The molecule has 3 aromatic carbocycles. The quantitative estimate of drug-likeness (QED) is 0.111. The minimum absolute atomic E-state index is 0.134. The number of rotatable bonds is 11. The number of carbonyl (C=O) groups excluding carboxylic acids is 2. The van der Waals surface area contributed by atoms with Gasteiger partial charge in [0.2, 0.25) is 20.0 Å². The first-order valence-corrected chi connectivity index (χ1v) is 22.5. The molecule has 5 aromatic rings. The second-order valence-corrected chi connectivity index (χ2v) is 19.1. The molecule has 316 valence electrons. The van der Waals surface area contributed by atoms with Crippen molar-refractivity contribution in [1.82, 2.24) is 29.5 Å². The smallest absolute Gasteiger partial charge is 0.286 e. The van der Waals surface area contributed by atoms with Crippen molar-refractivity contribution in [2.45, 2.75) is 9.79 Å². The number of sulfonamides is 2. The van der Waals surface area contributed by atoms with Gasteiger partial charge in [-0.05, 0) is 24.3 Å². The monoisotopic (exact) mass is 889 g/mol. The van der Waals surface area contributed by atoms with Crippen LogP contribution in [0.2, 0.25) is 0 Å². The lowest BCUT2D eigenvalue weighted by Crippen LogP contribution is -2.48. The number of thiazole rings is 2. The number of aromatic nitrogens is 2. The molecule has 0 bridgehead atoms. The van der Waals surface area contributed by atoms with Gasteiger partial charge in [0, 0.05) is 89.0 Å². The fraction of sp³-hybridized carbons (Fsp3) is 0.333. The van der Waals surface area contributed by atoms with Crippen LogP contribution in [0.1, 0.15) is 19.3 Å². The Bertz CT molecular complexity index is 2520. The molecule has 0 atom stereocenters. The van der Waals surface area contributed by atoms with Crippen LogP contribution in [0.3, 0.4) is 0 Å². The van der Waals surface area contributed by atoms with Crippen molar-refractivity contribution in [2.24, 2.45) is 0 Å². The molecule has 2 saturated heterocycles. The number of amides is 2. The third kappa shape index (κ3) is 9.21. The van der Waals surface area contributed by atoms with Crippen LogP contribution in [-0.2, 0) is 20.0 Å². The largest absolute Gasteiger partial charge is 0.493 e. The Morgan fingerprint density at radius 3 is 1.66 bits per heavy atom. The summed E-state index contributed by atoms with van der Waals surface area (Å²) in [5.41, 5.74) is 4.12. The van der Waals surface area contributed by atoms with Gasteiger partial charge in [-0.1, -0.05) is 46.9 Å². The maximum Gasteiger partial charge on any atom is 0.286 e. The predicted octanol–water partition coefficient (Wildman–Crippen LogP) is 2.78. The van der Waals surface area contributed by atoms with E-state index in [1.54, 1.807) is 29.2 Å². The van der Waals surface area contributed by atoms with Crippen LogP contribution in [0.25, 0.3) is 10.8 Å². The molecule has 2 amide bonds. The zero-order valence-electron chi connectivity index (χ0n) is 32.4. The van der Waals surface area contributed by atoms with Crippen LogP contribution < -0.4 is 35.1 Å². The molecular formula is C36H43N9O10S4. The van der Waals surface area contributed by atoms with E-state index in [9.17, 15) is 26.4 Å². The maximum atomic E-state index is 13.5. The number of hydroxylamine groups is 2. The Labute approximate surface area is 349 Å². The van der Waals surface area contributed by atoms with Crippen LogP contribution >= 0.6 is 22.7 Å². The third-order valence-corrected chi connectivity index (χ3v) is 15.6. The first-order valence-electron chi connectivity index (χ1n) is 17.9. The Balaban J connectivity index is 0.000000199. The fourth-order valence-electron chi connectivity index (χ4n) is 6.53. The molecule has 0 spiro atoms. The van der Waals surface area contributed by atoms with E-state index < -0.39 is 31.9 Å². The van der Waals surface area contributed by atoms with Gasteiger partial charge in [-0.15, -0.1) is 0 Å². The van der Waals surface area contributed by atoms with E-state index in [0.717, 1.165) is 33.7 Å². The minimum atomic E-state index is -3.68. The molecule has 7 rings (SSSR count). The summed E-state index contributed by atoms with van der Waals surface area (Å²) in [5, 5.41) is 20.3. The molecule has 4 heterocycles. The number of methoxy groups -OCH3 is 2. The Hall–Kier alpha value is -5.14. The topological polar surface area (TPSA) is 227 Å². The SMILES string of the molecule is CN(C)c1cccc2c(S(=O)(=O)N3CCN(c4ncc(C(=O)NO)s4)CC3)cccc12.COc1ccc(S(=O)(=O)N2CCN(c3ncc(C(=O)NO)s3)CC2)cc1OC. The van der Waals surface area contributed by atoms with E-state index in [1.165, 1.54) is 47.4 Å². The molecule has 0 radical (unpaired) electrons. The van der Waals surface area contributed by atoms with Gasteiger partial charge in [0.05, 0.1) is 36.4 Å². The van der Waals surface area contributed by atoms with Crippen molar-refractivity contribution < 1.29 is 46.3 Å². The van der Waals surface area contributed by atoms with Crippen molar-refractivity contribution in [3.8, 4) is 11.5 Å². The number of carbonyl (C=O) groups is 2. The summed E-state index contributed by atoms with van der Waals surface area (Å²) in [6.45, 7) is 2.96. The molecule has 0 saturated carbocycles.